The van der Waals surface area contributed by atoms with E-state index in [0.29, 0.717) is 34.2 Å². The Balaban J connectivity index is 1.67. The number of hydrogen-bond donors (Lipinski definition) is 2. The van der Waals surface area contributed by atoms with Crippen molar-refractivity contribution in [1.82, 2.24) is 5.32 Å². The summed E-state index contributed by atoms with van der Waals surface area (Å²) in [4.78, 5) is 12.3. The molecule has 2 N–H and O–H groups in total. The van der Waals surface area contributed by atoms with Crippen molar-refractivity contribution in [1.29, 1.82) is 0 Å². The van der Waals surface area contributed by atoms with Crippen molar-refractivity contribution in [2.24, 2.45) is 0 Å². The van der Waals surface area contributed by atoms with E-state index in [1.165, 1.54) is 7.11 Å². The molecule has 0 fully saturated rings. The Morgan fingerprint density at radius 3 is 2.64 bits per heavy atom. The average Bonchev–Trinajstić information content (AvgIpc) is 3.09. The number of benzene rings is 2. The van der Waals surface area contributed by atoms with Crippen LogP contribution in [0, 0.1) is 0 Å². The van der Waals surface area contributed by atoms with Gasteiger partial charge in [0.1, 0.15) is 11.5 Å². The number of thiocarbonyl (C=S) groups is 1. The smallest absolute Gasteiger partial charge is 0.257 e. The summed E-state index contributed by atoms with van der Waals surface area (Å²) < 4.78 is 20.9. The number of amides is 1. The molecule has 7 nitrogen and oxygen atoms in total. The van der Waals surface area contributed by atoms with Crippen LogP contribution in [-0.2, 0) is 0 Å². The molecular weight excluding hydrogens is 344 g/mol. The minimum Gasteiger partial charge on any atom is -0.497 e. The van der Waals surface area contributed by atoms with Gasteiger partial charge in [-0.05, 0) is 42.5 Å². The molecule has 0 bridgehead atoms. The minimum atomic E-state index is -0.358. The third-order valence-corrected chi connectivity index (χ3v) is 3.72. The Bertz CT molecular complexity index is 825. The fraction of sp³-hybridized carbons (Fsp3) is 0.176. The summed E-state index contributed by atoms with van der Waals surface area (Å²) in [6, 6.07) is 10.1. The summed E-state index contributed by atoms with van der Waals surface area (Å²) >= 11 is 5.19. The van der Waals surface area contributed by atoms with E-state index in [1.807, 2.05) is 0 Å². The second-order valence-electron chi connectivity index (χ2n) is 5.04. The normalized spacial score (nSPS) is 11.6. The van der Waals surface area contributed by atoms with Crippen LogP contribution in [0.25, 0.3) is 0 Å². The molecule has 0 saturated heterocycles. The van der Waals surface area contributed by atoms with Crippen LogP contribution in [0.2, 0.25) is 0 Å². The Kier molecular flexibility index (Phi) is 4.90. The van der Waals surface area contributed by atoms with Crippen LogP contribution < -0.4 is 29.6 Å². The zero-order valence-electron chi connectivity index (χ0n) is 13.6. The van der Waals surface area contributed by atoms with Crippen LogP contribution in [0.15, 0.2) is 36.4 Å². The van der Waals surface area contributed by atoms with Crippen molar-refractivity contribution in [2.45, 2.75) is 0 Å². The maximum absolute atomic E-state index is 12.3. The standard InChI is InChI=1S/C17H16N2O5S/c1-21-11-4-5-12(14(8-11)22-2)18-17(25)19-16(20)10-3-6-13-15(7-10)24-9-23-13/h3-8H,9H2,1-2H3,(H2,18,19,20,25). The molecule has 25 heavy (non-hydrogen) atoms. The molecule has 3 rings (SSSR count). The second kappa shape index (κ2) is 7.27. The van der Waals surface area contributed by atoms with Gasteiger partial charge in [-0.3, -0.25) is 10.1 Å². The third-order valence-electron chi connectivity index (χ3n) is 3.52. The Morgan fingerprint density at radius 1 is 1.08 bits per heavy atom. The van der Waals surface area contributed by atoms with Crippen LogP contribution in [0.1, 0.15) is 10.4 Å². The number of nitrogens with one attached hydrogen (secondary N) is 2. The van der Waals surface area contributed by atoms with Crippen LogP contribution in [0.3, 0.4) is 0 Å². The van der Waals surface area contributed by atoms with Crippen LogP contribution in [0.4, 0.5) is 5.69 Å². The van der Waals surface area contributed by atoms with Gasteiger partial charge in [0.2, 0.25) is 6.79 Å². The Morgan fingerprint density at radius 2 is 1.88 bits per heavy atom. The first-order valence-electron chi connectivity index (χ1n) is 7.34. The predicted octanol–water partition coefficient (Wildman–Crippen LogP) is 2.56. The van der Waals surface area contributed by atoms with Gasteiger partial charge >= 0.3 is 0 Å². The quantitative estimate of drug-likeness (QED) is 0.812. The number of rotatable bonds is 4. The van der Waals surface area contributed by atoms with E-state index < -0.39 is 0 Å². The van der Waals surface area contributed by atoms with Crippen molar-refractivity contribution in [3.63, 3.8) is 0 Å². The minimum absolute atomic E-state index is 0.145. The molecule has 0 atom stereocenters. The van der Waals surface area contributed by atoms with Gasteiger partial charge in [0.05, 0.1) is 19.9 Å². The van der Waals surface area contributed by atoms with Crippen LogP contribution in [0.5, 0.6) is 23.0 Å². The molecule has 130 valence electrons. The number of methoxy groups -OCH3 is 2. The van der Waals surface area contributed by atoms with Gasteiger partial charge in [0.25, 0.3) is 5.91 Å². The maximum Gasteiger partial charge on any atom is 0.257 e. The molecular formula is C17H16N2O5S. The monoisotopic (exact) mass is 360 g/mol. The lowest BCUT2D eigenvalue weighted by Gasteiger charge is -2.14. The second-order valence-corrected chi connectivity index (χ2v) is 5.45. The van der Waals surface area contributed by atoms with E-state index in [9.17, 15) is 4.79 Å². The first kappa shape index (κ1) is 16.8. The summed E-state index contributed by atoms with van der Waals surface area (Å²) in [7, 11) is 3.10. The van der Waals surface area contributed by atoms with E-state index in [4.69, 9.17) is 31.2 Å². The molecule has 1 heterocycles. The first-order valence-corrected chi connectivity index (χ1v) is 7.75. The molecule has 1 aliphatic heterocycles. The summed E-state index contributed by atoms with van der Waals surface area (Å²) in [6.45, 7) is 0.150. The highest BCUT2D eigenvalue weighted by atomic mass is 32.1. The number of carbonyl (C=O) groups is 1. The molecule has 0 radical (unpaired) electrons. The van der Waals surface area contributed by atoms with E-state index >= 15 is 0 Å². The molecule has 1 amide bonds. The van der Waals surface area contributed by atoms with E-state index in [-0.39, 0.29) is 17.8 Å². The van der Waals surface area contributed by atoms with Gasteiger partial charge in [0.15, 0.2) is 16.6 Å². The van der Waals surface area contributed by atoms with E-state index in [1.54, 1.807) is 43.5 Å². The molecule has 0 spiro atoms. The fourth-order valence-corrected chi connectivity index (χ4v) is 2.47. The SMILES string of the molecule is COc1ccc(NC(=S)NC(=O)c2ccc3c(c2)OCO3)c(OC)c1. The third kappa shape index (κ3) is 3.74. The zero-order valence-corrected chi connectivity index (χ0v) is 14.4. The van der Waals surface area contributed by atoms with Crippen molar-refractivity contribution in [3.8, 4) is 23.0 Å². The number of carbonyl (C=O) groups excluding carboxylic acids is 1. The van der Waals surface area contributed by atoms with Gasteiger partial charge in [-0.2, -0.15) is 0 Å². The summed E-state index contributed by atoms with van der Waals surface area (Å²) in [5, 5.41) is 5.69. The lowest BCUT2D eigenvalue weighted by molar-refractivity contribution is 0.0977. The number of fused-ring (bicyclic) bond motifs is 1. The van der Waals surface area contributed by atoms with Crippen molar-refractivity contribution >= 4 is 28.9 Å². The Hall–Kier alpha value is -3.00. The largest absolute Gasteiger partial charge is 0.497 e. The van der Waals surface area contributed by atoms with E-state index in [0.717, 1.165) is 0 Å². The van der Waals surface area contributed by atoms with Gasteiger partial charge < -0.3 is 24.3 Å². The Labute approximate surface area is 149 Å². The molecule has 0 aromatic heterocycles. The summed E-state index contributed by atoms with van der Waals surface area (Å²) in [5.41, 5.74) is 1.02. The lowest BCUT2D eigenvalue weighted by atomic mass is 10.2. The molecule has 8 heteroatoms. The van der Waals surface area contributed by atoms with E-state index in [2.05, 4.69) is 10.6 Å². The molecule has 2 aromatic rings. The van der Waals surface area contributed by atoms with Crippen molar-refractivity contribution in [2.75, 3.05) is 26.3 Å². The highest BCUT2D eigenvalue weighted by Gasteiger charge is 2.17. The highest BCUT2D eigenvalue weighted by Crippen LogP contribution is 2.32. The first-order chi connectivity index (χ1) is 12.1. The molecule has 0 saturated carbocycles. The maximum atomic E-state index is 12.3. The molecule has 0 aliphatic carbocycles. The zero-order chi connectivity index (χ0) is 17.8. The highest BCUT2D eigenvalue weighted by molar-refractivity contribution is 7.80. The summed E-state index contributed by atoms with van der Waals surface area (Å²) in [6.07, 6.45) is 0. The fourth-order valence-electron chi connectivity index (χ4n) is 2.27. The number of ether oxygens (including phenoxy) is 4. The average molecular weight is 360 g/mol. The van der Waals surface area contributed by atoms with Gasteiger partial charge in [0, 0.05) is 11.6 Å². The van der Waals surface area contributed by atoms with Gasteiger partial charge in [-0.15, -0.1) is 0 Å². The number of anilines is 1. The molecule has 2 aromatic carbocycles. The van der Waals surface area contributed by atoms with Gasteiger partial charge in [-0.25, -0.2) is 0 Å². The predicted molar refractivity (Wildman–Crippen MR) is 95.8 cm³/mol. The van der Waals surface area contributed by atoms with Crippen molar-refractivity contribution < 1.29 is 23.7 Å². The number of hydrogen-bond acceptors (Lipinski definition) is 6. The lowest BCUT2D eigenvalue weighted by Crippen LogP contribution is -2.34. The molecule has 1 aliphatic rings. The van der Waals surface area contributed by atoms with Crippen LogP contribution in [-0.4, -0.2) is 32.0 Å². The summed E-state index contributed by atoms with van der Waals surface area (Å²) in [5.74, 6) is 1.98. The molecule has 0 unspecified atom stereocenters. The topological polar surface area (TPSA) is 78.1 Å². The van der Waals surface area contributed by atoms with Crippen molar-refractivity contribution in [3.05, 3.63) is 42.0 Å². The van der Waals surface area contributed by atoms with Gasteiger partial charge in [-0.1, -0.05) is 0 Å². The van der Waals surface area contributed by atoms with Crippen LogP contribution >= 0.6 is 12.2 Å².